The summed E-state index contributed by atoms with van der Waals surface area (Å²) in [7, 11) is 0. The molecule has 0 spiro atoms. The van der Waals surface area contributed by atoms with Crippen molar-refractivity contribution in [2.45, 2.75) is 75.5 Å². The molecule has 2 aliphatic rings. The fourth-order valence-corrected chi connectivity index (χ4v) is 3.97. The summed E-state index contributed by atoms with van der Waals surface area (Å²) in [6.45, 7) is 0. The van der Waals surface area contributed by atoms with E-state index in [9.17, 15) is 5.11 Å². The van der Waals surface area contributed by atoms with Crippen LogP contribution in [0.3, 0.4) is 0 Å². The Bertz CT molecular complexity index is 397. The third-order valence-electron chi connectivity index (χ3n) is 5.12. The first-order valence-electron chi connectivity index (χ1n) is 8.30. The summed E-state index contributed by atoms with van der Waals surface area (Å²) in [5.74, 6) is 0.756. The van der Waals surface area contributed by atoms with Gasteiger partial charge in [-0.3, -0.25) is 0 Å². The third kappa shape index (κ3) is 3.62. The Labute approximate surface area is 122 Å². The number of aliphatic hydroxyl groups is 1. The van der Waals surface area contributed by atoms with Gasteiger partial charge in [0, 0.05) is 12.1 Å². The van der Waals surface area contributed by atoms with Crippen LogP contribution in [0.5, 0.6) is 0 Å². The summed E-state index contributed by atoms with van der Waals surface area (Å²) in [6.07, 6.45) is 9.49. The monoisotopic (exact) mass is 273 g/mol. The van der Waals surface area contributed by atoms with Gasteiger partial charge in [0.15, 0.2) is 0 Å². The largest absolute Gasteiger partial charge is 0.393 e. The van der Waals surface area contributed by atoms with E-state index in [-0.39, 0.29) is 6.10 Å². The Morgan fingerprint density at radius 1 is 0.850 bits per heavy atom. The van der Waals surface area contributed by atoms with Crippen LogP contribution >= 0.6 is 0 Å². The SMILES string of the molecule is OC1CCCC(NC2CCC(c3ccccc3)CC2)C1. The van der Waals surface area contributed by atoms with Crippen LogP contribution in [0.25, 0.3) is 0 Å². The second kappa shape index (κ2) is 6.73. The molecule has 0 bridgehead atoms. The molecule has 3 rings (SSSR count). The van der Waals surface area contributed by atoms with Crippen molar-refractivity contribution in [3.8, 4) is 0 Å². The number of nitrogens with one attached hydrogen (secondary N) is 1. The van der Waals surface area contributed by atoms with Gasteiger partial charge in [0.2, 0.25) is 0 Å². The molecule has 1 aromatic rings. The highest BCUT2D eigenvalue weighted by atomic mass is 16.3. The molecule has 0 amide bonds. The molecule has 0 radical (unpaired) electrons. The molecule has 110 valence electrons. The quantitative estimate of drug-likeness (QED) is 0.882. The van der Waals surface area contributed by atoms with Crippen LogP contribution < -0.4 is 5.32 Å². The molecule has 1 aromatic carbocycles. The first-order chi connectivity index (χ1) is 9.81. The highest BCUT2D eigenvalue weighted by Gasteiger charge is 2.26. The smallest absolute Gasteiger partial charge is 0.0555 e. The summed E-state index contributed by atoms with van der Waals surface area (Å²) in [6, 6.07) is 12.2. The normalized spacial score (nSPS) is 34.9. The summed E-state index contributed by atoms with van der Waals surface area (Å²) in [4.78, 5) is 0. The van der Waals surface area contributed by atoms with E-state index < -0.39 is 0 Å². The minimum absolute atomic E-state index is 0.0677. The summed E-state index contributed by atoms with van der Waals surface area (Å²) >= 11 is 0. The van der Waals surface area contributed by atoms with Crippen LogP contribution in [0.4, 0.5) is 0 Å². The molecule has 0 aliphatic heterocycles. The first-order valence-corrected chi connectivity index (χ1v) is 8.30. The van der Waals surface area contributed by atoms with Gasteiger partial charge in [-0.2, -0.15) is 0 Å². The van der Waals surface area contributed by atoms with E-state index in [4.69, 9.17) is 0 Å². The minimum atomic E-state index is -0.0677. The predicted molar refractivity (Wildman–Crippen MR) is 82.8 cm³/mol. The van der Waals surface area contributed by atoms with E-state index in [0.29, 0.717) is 12.1 Å². The zero-order valence-electron chi connectivity index (χ0n) is 12.3. The van der Waals surface area contributed by atoms with E-state index >= 15 is 0 Å². The van der Waals surface area contributed by atoms with E-state index in [0.717, 1.165) is 18.8 Å². The fourth-order valence-electron chi connectivity index (χ4n) is 3.97. The summed E-state index contributed by atoms with van der Waals surface area (Å²) in [5.41, 5.74) is 1.51. The van der Waals surface area contributed by atoms with E-state index in [1.54, 1.807) is 0 Å². The molecule has 2 saturated carbocycles. The number of hydrogen-bond donors (Lipinski definition) is 2. The lowest BCUT2D eigenvalue weighted by molar-refractivity contribution is 0.106. The van der Waals surface area contributed by atoms with Gasteiger partial charge in [-0.1, -0.05) is 30.3 Å². The minimum Gasteiger partial charge on any atom is -0.393 e. The van der Waals surface area contributed by atoms with Gasteiger partial charge in [-0.15, -0.1) is 0 Å². The van der Waals surface area contributed by atoms with Gasteiger partial charge in [-0.25, -0.2) is 0 Å². The molecular weight excluding hydrogens is 246 g/mol. The maximum atomic E-state index is 9.76. The van der Waals surface area contributed by atoms with Gasteiger partial charge < -0.3 is 10.4 Å². The molecule has 0 heterocycles. The Kier molecular flexibility index (Phi) is 4.74. The van der Waals surface area contributed by atoms with E-state index in [1.807, 2.05) is 0 Å². The van der Waals surface area contributed by atoms with Gasteiger partial charge in [-0.05, 0) is 62.8 Å². The molecule has 2 unspecified atom stereocenters. The lowest BCUT2D eigenvalue weighted by atomic mass is 9.81. The lowest BCUT2D eigenvalue weighted by Gasteiger charge is -2.35. The van der Waals surface area contributed by atoms with Crippen LogP contribution in [-0.2, 0) is 0 Å². The zero-order chi connectivity index (χ0) is 13.8. The zero-order valence-corrected chi connectivity index (χ0v) is 12.3. The van der Waals surface area contributed by atoms with E-state index in [2.05, 4.69) is 35.6 Å². The van der Waals surface area contributed by atoms with Crippen molar-refractivity contribution >= 4 is 0 Å². The molecule has 2 atom stereocenters. The molecule has 0 aromatic heterocycles. The Morgan fingerprint density at radius 3 is 2.30 bits per heavy atom. The van der Waals surface area contributed by atoms with Crippen molar-refractivity contribution in [2.24, 2.45) is 0 Å². The first kappa shape index (κ1) is 14.1. The van der Waals surface area contributed by atoms with Gasteiger partial charge in [0.1, 0.15) is 0 Å². The molecule has 0 saturated heterocycles. The van der Waals surface area contributed by atoms with Gasteiger partial charge >= 0.3 is 0 Å². The third-order valence-corrected chi connectivity index (χ3v) is 5.12. The Balaban J connectivity index is 1.46. The van der Waals surface area contributed by atoms with Crippen LogP contribution in [-0.4, -0.2) is 23.3 Å². The number of rotatable bonds is 3. The molecule has 2 fully saturated rings. The lowest BCUT2D eigenvalue weighted by Crippen LogP contribution is -2.43. The predicted octanol–water partition coefficient (Wildman–Crippen LogP) is 3.61. The highest BCUT2D eigenvalue weighted by molar-refractivity contribution is 5.20. The van der Waals surface area contributed by atoms with Crippen LogP contribution in [0, 0.1) is 0 Å². The molecule has 2 aliphatic carbocycles. The Morgan fingerprint density at radius 2 is 1.60 bits per heavy atom. The van der Waals surface area contributed by atoms with Crippen molar-refractivity contribution in [1.29, 1.82) is 0 Å². The standard InChI is InChI=1S/C18H27NO/c20-18-8-4-7-17(13-18)19-16-11-9-15(10-12-16)14-5-2-1-3-6-14/h1-3,5-6,15-20H,4,7-13H2. The van der Waals surface area contributed by atoms with Crippen molar-refractivity contribution in [1.82, 2.24) is 5.32 Å². The van der Waals surface area contributed by atoms with Gasteiger partial charge in [0.05, 0.1) is 6.10 Å². The second-order valence-electron chi connectivity index (χ2n) is 6.64. The van der Waals surface area contributed by atoms with Gasteiger partial charge in [0.25, 0.3) is 0 Å². The van der Waals surface area contributed by atoms with E-state index in [1.165, 1.54) is 44.1 Å². The molecule has 2 heteroatoms. The van der Waals surface area contributed by atoms with Crippen molar-refractivity contribution in [2.75, 3.05) is 0 Å². The number of benzene rings is 1. The summed E-state index contributed by atoms with van der Waals surface area (Å²) < 4.78 is 0. The topological polar surface area (TPSA) is 32.3 Å². The fraction of sp³-hybridized carbons (Fsp3) is 0.667. The maximum absolute atomic E-state index is 9.76. The van der Waals surface area contributed by atoms with Crippen LogP contribution in [0.1, 0.15) is 62.8 Å². The van der Waals surface area contributed by atoms with Crippen LogP contribution in [0.2, 0.25) is 0 Å². The van der Waals surface area contributed by atoms with Crippen LogP contribution in [0.15, 0.2) is 30.3 Å². The molecule has 2 nitrogen and oxygen atoms in total. The molecular formula is C18H27NO. The second-order valence-corrected chi connectivity index (χ2v) is 6.64. The number of hydrogen-bond acceptors (Lipinski definition) is 2. The highest BCUT2D eigenvalue weighted by Crippen LogP contribution is 2.33. The van der Waals surface area contributed by atoms with Crippen molar-refractivity contribution in [3.05, 3.63) is 35.9 Å². The average Bonchev–Trinajstić information content (AvgIpc) is 2.49. The van der Waals surface area contributed by atoms with Crippen molar-refractivity contribution < 1.29 is 5.11 Å². The molecule has 2 N–H and O–H groups in total. The Hall–Kier alpha value is -0.860. The average molecular weight is 273 g/mol. The summed E-state index contributed by atoms with van der Waals surface area (Å²) in [5, 5.41) is 13.6. The van der Waals surface area contributed by atoms with Crippen molar-refractivity contribution in [3.63, 3.8) is 0 Å². The molecule has 20 heavy (non-hydrogen) atoms. The number of aliphatic hydroxyl groups excluding tert-OH is 1. The maximum Gasteiger partial charge on any atom is 0.0555 e.